The first-order valence-electron chi connectivity index (χ1n) is 8.86. The van der Waals surface area contributed by atoms with Crippen molar-refractivity contribution < 1.29 is 8.98 Å². The average Bonchev–Trinajstić information content (AvgIpc) is 3.01. The monoisotopic (exact) mass is 341 g/mol. The molecule has 4 rings (SSSR count). The summed E-state index contributed by atoms with van der Waals surface area (Å²) in [6.45, 7) is 6.51. The molecule has 0 aliphatic heterocycles. The first-order chi connectivity index (χ1) is 12.5. The number of para-hydroxylation sites is 1. The van der Waals surface area contributed by atoms with E-state index in [1.165, 1.54) is 5.56 Å². The van der Waals surface area contributed by atoms with E-state index in [0.717, 1.165) is 33.2 Å². The van der Waals surface area contributed by atoms with E-state index in [1.54, 1.807) is 6.07 Å². The van der Waals surface area contributed by atoms with E-state index >= 15 is 0 Å². The second-order valence-corrected chi connectivity index (χ2v) is 7.14. The average molecular weight is 341 g/mol. The van der Waals surface area contributed by atoms with Crippen LogP contribution < -0.4 is 4.57 Å². The Morgan fingerprint density at radius 2 is 1.81 bits per heavy atom. The van der Waals surface area contributed by atoms with Crippen LogP contribution in [0.15, 0.2) is 53.1 Å². The molecular weight excluding hydrogens is 320 g/mol. The maximum absolute atomic E-state index is 9.43. The molecule has 0 amide bonds. The quantitative estimate of drug-likeness (QED) is 0.459. The Bertz CT molecular complexity index is 1190. The molecule has 0 N–H and O–H groups in total. The van der Waals surface area contributed by atoms with E-state index in [1.807, 2.05) is 12.1 Å². The molecule has 0 radical (unpaired) electrons. The number of furan rings is 1. The van der Waals surface area contributed by atoms with Gasteiger partial charge < -0.3 is 4.42 Å². The van der Waals surface area contributed by atoms with Gasteiger partial charge in [-0.25, -0.2) is 4.57 Å². The van der Waals surface area contributed by atoms with Gasteiger partial charge in [0.25, 0.3) is 0 Å². The van der Waals surface area contributed by atoms with E-state index in [2.05, 4.69) is 68.9 Å². The summed E-state index contributed by atoms with van der Waals surface area (Å²) in [5.41, 5.74) is 6.75. The van der Waals surface area contributed by atoms with Crippen molar-refractivity contribution in [1.82, 2.24) is 0 Å². The molecule has 0 aliphatic rings. The van der Waals surface area contributed by atoms with E-state index in [0.29, 0.717) is 17.1 Å². The number of pyridine rings is 1. The van der Waals surface area contributed by atoms with Gasteiger partial charge in [0, 0.05) is 22.9 Å². The van der Waals surface area contributed by atoms with Crippen molar-refractivity contribution in [3.8, 4) is 17.3 Å². The predicted molar refractivity (Wildman–Crippen MR) is 104 cm³/mol. The highest BCUT2D eigenvalue weighted by Gasteiger charge is 2.22. The van der Waals surface area contributed by atoms with Gasteiger partial charge in [0.05, 0.1) is 11.1 Å². The third-order valence-corrected chi connectivity index (χ3v) is 5.09. The summed E-state index contributed by atoms with van der Waals surface area (Å²) >= 11 is 0. The molecule has 3 nitrogen and oxygen atoms in total. The van der Waals surface area contributed by atoms with Crippen LogP contribution in [0, 0.1) is 18.3 Å². The zero-order chi connectivity index (χ0) is 18.4. The minimum absolute atomic E-state index is 0.454. The summed E-state index contributed by atoms with van der Waals surface area (Å²) in [5, 5.41) is 11.5. The SMILES string of the molecule is Cc1ccc2c(oc3c(C#N)cccc32)c1-c1cc(C(C)C)cc[n+]1C. The van der Waals surface area contributed by atoms with Gasteiger partial charge in [0.1, 0.15) is 18.7 Å². The third-order valence-electron chi connectivity index (χ3n) is 5.09. The van der Waals surface area contributed by atoms with Crippen molar-refractivity contribution in [2.24, 2.45) is 7.05 Å². The van der Waals surface area contributed by atoms with Gasteiger partial charge in [-0.1, -0.05) is 38.1 Å². The molecule has 3 heteroatoms. The Hall–Kier alpha value is -3.12. The summed E-state index contributed by atoms with van der Waals surface area (Å²) in [6, 6.07) is 16.6. The fourth-order valence-electron chi connectivity index (χ4n) is 3.56. The van der Waals surface area contributed by atoms with Crippen molar-refractivity contribution in [1.29, 1.82) is 5.26 Å². The van der Waals surface area contributed by atoms with Crippen molar-refractivity contribution >= 4 is 21.9 Å². The van der Waals surface area contributed by atoms with Crippen molar-refractivity contribution in [2.75, 3.05) is 0 Å². The van der Waals surface area contributed by atoms with Gasteiger partial charge in [0.15, 0.2) is 11.8 Å². The van der Waals surface area contributed by atoms with Gasteiger partial charge in [-0.15, -0.1) is 0 Å². The van der Waals surface area contributed by atoms with Crippen molar-refractivity contribution in [3.05, 3.63) is 65.4 Å². The number of hydrogen-bond acceptors (Lipinski definition) is 2. The number of hydrogen-bond donors (Lipinski definition) is 0. The van der Waals surface area contributed by atoms with Crippen LogP contribution in [0.5, 0.6) is 0 Å². The lowest BCUT2D eigenvalue weighted by Gasteiger charge is -2.09. The van der Waals surface area contributed by atoms with Crippen LogP contribution in [-0.4, -0.2) is 0 Å². The lowest BCUT2D eigenvalue weighted by Crippen LogP contribution is -2.31. The maximum Gasteiger partial charge on any atom is 0.216 e. The van der Waals surface area contributed by atoms with Crippen LogP contribution in [0.2, 0.25) is 0 Å². The second-order valence-electron chi connectivity index (χ2n) is 7.14. The molecule has 0 saturated carbocycles. The van der Waals surface area contributed by atoms with Crippen LogP contribution in [0.1, 0.15) is 36.5 Å². The Morgan fingerprint density at radius 3 is 2.54 bits per heavy atom. The Balaban J connectivity index is 2.13. The molecule has 26 heavy (non-hydrogen) atoms. The molecule has 4 aromatic rings. The maximum atomic E-state index is 9.43. The first-order valence-corrected chi connectivity index (χ1v) is 8.86. The molecule has 0 spiro atoms. The largest absolute Gasteiger partial charge is 0.454 e. The molecule has 2 aromatic carbocycles. The molecule has 0 fully saturated rings. The van der Waals surface area contributed by atoms with Crippen LogP contribution in [0.3, 0.4) is 0 Å². The van der Waals surface area contributed by atoms with Gasteiger partial charge in [-0.05, 0) is 30.0 Å². The topological polar surface area (TPSA) is 40.8 Å². The van der Waals surface area contributed by atoms with Crippen LogP contribution in [0.25, 0.3) is 33.2 Å². The summed E-state index contributed by atoms with van der Waals surface area (Å²) in [7, 11) is 2.06. The standard InChI is InChI=1S/C23H21N2O/c1-14(2)16-10-11-25(4)20(12-16)21-15(3)8-9-19-18-7-5-6-17(13-24)22(18)26-23(19)21/h5-12,14H,1-4H3/q+1. The normalized spacial score (nSPS) is 11.4. The Morgan fingerprint density at radius 1 is 1.04 bits per heavy atom. The number of nitriles is 1. The number of nitrogens with zero attached hydrogens (tertiary/aromatic N) is 2. The summed E-state index contributed by atoms with van der Waals surface area (Å²) < 4.78 is 8.39. The van der Waals surface area contributed by atoms with Crippen LogP contribution >= 0.6 is 0 Å². The fourth-order valence-corrected chi connectivity index (χ4v) is 3.56. The lowest BCUT2D eigenvalue weighted by atomic mass is 9.97. The van der Waals surface area contributed by atoms with Crippen molar-refractivity contribution in [3.63, 3.8) is 0 Å². The molecule has 2 heterocycles. The van der Waals surface area contributed by atoms with Gasteiger partial charge >= 0.3 is 0 Å². The minimum Gasteiger partial charge on any atom is -0.454 e. The highest BCUT2D eigenvalue weighted by atomic mass is 16.3. The minimum atomic E-state index is 0.454. The fraction of sp³-hybridized carbons (Fsp3) is 0.217. The smallest absolute Gasteiger partial charge is 0.216 e. The molecule has 0 aliphatic carbocycles. The molecule has 0 bridgehead atoms. The first kappa shape index (κ1) is 16.4. The van der Waals surface area contributed by atoms with Crippen LogP contribution in [-0.2, 0) is 7.05 Å². The summed E-state index contributed by atoms with van der Waals surface area (Å²) in [6.07, 6.45) is 2.10. The van der Waals surface area contributed by atoms with E-state index in [9.17, 15) is 5.26 Å². The van der Waals surface area contributed by atoms with E-state index in [-0.39, 0.29) is 0 Å². The van der Waals surface area contributed by atoms with E-state index in [4.69, 9.17) is 4.42 Å². The number of aryl methyl sites for hydroxylation is 2. The zero-order valence-corrected chi connectivity index (χ0v) is 15.5. The highest BCUT2D eigenvalue weighted by Crippen LogP contribution is 2.38. The Labute approximate surface area is 153 Å². The molecule has 0 atom stereocenters. The van der Waals surface area contributed by atoms with Gasteiger partial charge in [-0.3, -0.25) is 0 Å². The number of rotatable bonds is 2. The summed E-state index contributed by atoms with van der Waals surface area (Å²) in [5.74, 6) is 0.454. The van der Waals surface area contributed by atoms with Crippen LogP contribution in [0.4, 0.5) is 0 Å². The van der Waals surface area contributed by atoms with E-state index < -0.39 is 0 Å². The molecule has 0 unspecified atom stereocenters. The number of benzene rings is 2. The molecule has 2 aromatic heterocycles. The highest BCUT2D eigenvalue weighted by molar-refractivity contribution is 6.10. The number of aromatic nitrogens is 1. The molecule has 128 valence electrons. The summed E-state index contributed by atoms with van der Waals surface area (Å²) in [4.78, 5) is 0. The predicted octanol–water partition coefficient (Wildman–Crippen LogP) is 5.38. The zero-order valence-electron chi connectivity index (χ0n) is 15.5. The Kier molecular flexibility index (Phi) is 3.77. The third kappa shape index (κ3) is 2.38. The van der Waals surface area contributed by atoms with Gasteiger partial charge in [-0.2, -0.15) is 5.26 Å². The lowest BCUT2D eigenvalue weighted by molar-refractivity contribution is -0.660. The second kappa shape index (κ2) is 6.00. The van der Waals surface area contributed by atoms with Crippen molar-refractivity contribution in [2.45, 2.75) is 26.7 Å². The molecule has 0 saturated heterocycles. The number of fused-ring (bicyclic) bond motifs is 3. The molecular formula is C23H21N2O+. The van der Waals surface area contributed by atoms with Gasteiger partial charge in [0.2, 0.25) is 5.69 Å².